The standard InChI is InChI=1S/C68H67BN2/c1-42-35-43(2)61(44(3)36-42)45-37-50-49-25-20-27-53-63(49)71(58-28-19-18-26-52(58)68(53,46-21-14-12-15-22-46)47-23-16-13-17-24-47)69-57-40-55-56(67(10,11)34-33-66(55,8)9)41-59(57)70(60(38-45)62(50)69)48-29-30-51-54(39-48)65(6,7)32-31-64(51,4)5/h12-30,35-41H,31-34H2,1-11H3. The maximum atomic E-state index is 2.81. The van der Waals surface area contributed by atoms with E-state index in [1.54, 1.807) is 0 Å². The molecule has 3 aliphatic heterocycles. The van der Waals surface area contributed by atoms with Gasteiger partial charge in [-0.1, -0.05) is 182 Å². The maximum Gasteiger partial charge on any atom is 0.333 e. The van der Waals surface area contributed by atoms with Crippen molar-refractivity contribution in [1.82, 2.24) is 0 Å². The van der Waals surface area contributed by atoms with Gasteiger partial charge in [-0.05, 0) is 188 Å². The molecule has 13 rings (SSSR count). The van der Waals surface area contributed by atoms with Gasteiger partial charge in [-0.15, -0.1) is 0 Å². The molecule has 71 heavy (non-hydrogen) atoms. The van der Waals surface area contributed by atoms with Crippen LogP contribution in [0.3, 0.4) is 0 Å². The van der Waals surface area contributed by atoms with Crippen molar-refractivity contribution < 1.29 is 0 Å². The summed E-state index contributed by atoms with van der Waals surface area (Å²) >= 11 is 0. The number of fused-ring (bicyclic) bond motifs is 8. The molecular formula is C68H67BN2. The van der Waals surface area contributed by atoms with E-state index in [4.69, 9.17) is 0 Å². The van der Waals surface area contributed by atoms with E-state index in [1.165, 1.54) is 136 Å². The predicted molar refractivity (Wildman–Crippen MR) is 302 cm³/mol. The zero-order valence-corrected chi connectivity index (χ0v) is 43.8. The summed E-state index contributed by atoms with van der Waals surface area (Å²) in [4.78, 5) is 5.53. The van der Waals surface area contributed by atoms with Crippen LogP contribution in [0.1, 0.15) is 142 Å². The topological polar surface area (TPSA) is 6.48 Å². The minimum atomic E-state index is -0.571. The summed E-state index contributed by atoms with van der Waals surface area (Å²) in [6.45, 7) is 26.6. The first-order chi connectivity index (χ1) is 33.9. The number of aryl methyl sites for hydroxylation is 3. The molecule has 0 aromatic heterocycles. The highest BCUT2D eigenvalue weighted by molar-refractivity contribution is 6.93. The summed E-state index contributed by atoms with van der Waals surface area (Å²) in [6.07, 6.45) is 4.68. The Hall–Kier alpha value is -6.58. The molecule has 0 radical (unpaired) electrons. The largest absolute Gasteiger partial charge is 0.376 e. The van der Waals surface area contributed by atoms with Crippen molar-refractivity contribution in [3.8, 4) is 22.3 Å². The lowest BCUT2D eigenvalue weighted by Gasteiger charge is -2.53. The Morgan fingerprint density at radius 2 is 0.972 bits per heavy atom. The van der Waals surface area contributed by atoms with Crippen LogP contribution in [-0.2, 0) is 27.1 Å². The van der Waals surface area contributed by atoms with Crippen molar-refractivity contribution >= 4 is 46.2 Å². The van der Waals surface area contributed by atoms with E-state index in [0.717, 1.165) is 12.8 Å². The maximum absolute atomic E-state index is 2.81. The molecule has 0 atom stereocenters. The minimum Gasteiger partial charge on any atom is -0.376 e. The first kappa shape index (κ1) is 44.4. The van der Waals surface area contributed by atoms with E-state index in [9.17, 15) is 0 Å². The van der Waals surface area contributed by atoms with E-state index in [1.807, 2.05) is 0 Å². The van der Waals surface area contributed by atoms with E-state index < -0.39 is 5.41 Å². The fourth-order valence-electron chi connectivity index (χ4n) is 14.7. The second-order valence-corrected chi connectivity index (χ2v) is 24.8. The van der Waals surface area contributed by atoms with Gasteiger partial charge in [0.1, 0.15) is 0 Å². The van der Waals surface area contributed by atoms with E-state index in [2.05, 4.69) is 244 Å². The number of nitrogens with zero attached hydrogens (tertiary/aromatic N) is 2. The van der Waals surface area contributed by atoms with E-state index >= 15 is 0 Å². The molecule has 0 saturated carbocycles. The van der Waals surface area contributed by atoms with E-state index in [0.29, 0.717) is 0 Å². The van der Waals surface area contributed by atoms with Gasteiger partial charge in [0, 0.05) is 34.0 Å². The Morgan fingerprint density at radius 3 is 1.61 bits per heavy atom. The molecule has 2 aliphatic carbocycles. The van der Waals surface area contributed by atoms with Crippen molar-refractivity contribution in [3.05, 3.63) is 219 Å². The van der Waals surface area contributed by atoms with Crippen molar-refractivity contribution in [2.75, 3.05) is 9.71 Å². The Morgan fingerprint density at radius 1 is 0.423 bits per heavy atom. The van der Waals surface area contributed by atoms with Crippen LogP contribution < -0.4 is 20.6 Å². The van der Waals surface area contributed by atoms with Gasteiger partial charge in [0.05, 0.1) is 5.41 Å². The van der Waals surface area contributed by atoms with Gasteiger partial charge < -0.3 is 9.71 Å². The summed E-state index contributed by atoms with van der Waals surface area (Å²) in [5.74, 6) is 0. The molecule has 352 valence electrons. The number of anilines is 5. The highest BCUT2D eigenvalue weighted by Crippen LogP contribution is 2.61. The fraction of sp³-hybridized carbons (Fsp3) is 0.294. The smallest absolute Gasteiger partial charge is 0.333 e. The van der Waals surface area contributed by atoms with Crippen molar-refractivity contribution in [1.29, 1.82) is 0 Å². The van der Waals surface area contributed by atoms with Gasteiger partial charge in [0.15, 0.2) is 0 Å². The number of rotatable bonds is 4. The van der Waals surface area contributed by atoms with Crippen molar-refractivity contribution in [2.45, 2.75) is 129 Å². The second-order valence-electron chi connectivity index (χ2n) is 24.8. The Labute approximate surface area is 423 Å². The molecular weight excluding hydrogens is 856 g/mol. The molecule has 0 unspecified atom stereocenters. The zero-order valence-electron chi connectivity index (χ0n) is 43.8. The first-order valence-electron chi connectivity index (χ1n) is 26.5. The molecule has 0 bridgehead atoms. The highest BCUT2D eigenvalue weighted by atomic mass is 15.2. The quantitative estimate of drug-likeness (QED) is 0.162. The van der Waals surface area contributed by atoms with Crippen LogP contribution in [0.25, 0.3) is 22.3 Å². The third kappa shape index (κ3) is 6.14. The average molecular weight is 923 g/mol. The normalized spacial score (nSPS) is 18.6. The van der Waals surface area contributed by atoms with Crippen LogP contribution in [0, 0.1) is 20.8 Å². The van der Waals surface area contributed by atoms with Gasteiger partial charge in [-0.3, -0.25) is 0 Å². The number of para-hydroxylation sites is 2. The van der Waals surface area contributed by atoms with Gasteiger partial charge in [0.25, 0.3) is 0 Å². The Kier molecular flexibility index (Phi) is 9.37. The lowest BCUT2D eigenvalue weighted by Crippen LogP contribution is -2.63. The molecule has 0 amide bonds. The lowest BCUT2D eigenvalue weighted by atomic mass is 9.41. The molecule has 0 spiro atoms. The molecule has 0 saturated heterocycles. The summed E-state index contributed by atoms with van der Waals surface area (Å²) in [5, 5.41) is 0. The SMILES string of the molecule is Cc1cc(C)c(-c2cc3c4c(c2)N(c2ccc5c(c2)C(C)(C)CCC5(C)C)c2cc5c(cc2B4N2c4ccccc4C(c4ccccc4)(c4ccccc4)c4cccc-3c42)C(C)(C)CCC5(C)C)c(C)c1. The molecule has 2 nitrogen and oxygen atoms in total. The highest BCUT2D eigenvalue weighted by Gasteiger charge is 2.54. The van der Waals surface area contributed by atoms with Crippen molar-refractivity contribution in [3.63, 3.8) is 0 Å². The van der Waals surface area contributed by atoms with Gasteiger partial charge in [0.2, 0.25) is 0 Å². The molecule has 0 fully saturated rings. The second kappa shape index (κ2) is 15.0. The summed E-state index contributed by atoms with van der Waals surface area (Å²) in [5.41, 5.74) is 29.2. The van der Waals surface area contributed by atoms with Gasteiger partial charge >= 0.3 is 6.85 Å². The number of hydrogen-bond donors (Lipinski definition) is 0. The van der Waals surface area contributed by atoms with Crippen LogP contribution >= 0.6 is 0 Å². The van der Waals surface area contributed by atoms with Crippen LogP contribution in [0.5, 0.6) is 0 Å². The first-order valence-corrected chi connectivity index (χ1v) is 26.5. The van der Waals surface area contributed by atoms with Crippen LogP contribution in [0.2, 0.25) is 0 Å². The number of hydrogen-bond acceptors (Lipinski definition) is 2. The molecule has 5 aliphatic rings. The van der Waals surface area contributed by atoms with Gasteiger partial charge in [-0.2, -0.15) is 0 Å². The monoisotopic (exact) mass is 923 g/mol. The molecule has 8 aromatic rings. The summed E-state index contributed by atoms with van der Waals surface area (Å²) in [7, 11) is 0. The fourth-order valence-corrected chi connectivity index (χ4v) is 14.7. The summed E-state index contributed by atoms with van der Waals surface area (Å²) < 4.78 is 0. The molecule has 3 heterocycles. The minimum absolute atomic E-state index is 0.0197. The third-order valence-electron chi connectivity index (χ3n) is 18.5. The van der Waals surface area contributed by atoms with Crippen molar-refractivity contribution in [2.24, 2.45) is 0 Å². The average Bonchev–Trinajstić information content (AvgIpc) is 3.35. The third-order valence-corrected chi connectivity index (χ3v) is 18.5. The predicted octanol–water partition coefficient (Wildman–Crippen LogP) is 16.4. The Bertz CT molecular complexity index is 3470. The molecule has 3 heteroatoms. The van der Waals surface area contributed by atoms with Crippen LogP contribution in [-0.4, -0.2) is 6.85 Å². The van der Waals surface area contributed by atoms with Crippen LogP contribution in [0.4, 0.5) is 28.4 Å². The van der Waals surface area contributed by atoms with Gasteiger partial charge in [-0.25, -0.2) is 0 Å². The molecule has 8 aromatic carbocycles. The zero-order chi connectivity index (χ0) is 49.1. The molecule has 0 N–H and O–H groups in total. The van der Waals surface area contributed by atoms with Crippen LogP contribution in [0.15, 0.2) is 158 Å². The number of benzene rings is 8. The summed E-state index contributed by atoms with van der Waals surface area (Å²) in [6, 6.07) is 62.2. The lowest BCUT2D eigenvalue weighted by molar-refractivity contribution is 0.332. The Balaban J connectivity index is 1.21. The van der Waals surface area contributed by atoms with E-state index in [-0.39, 0.29) is 28.5 Å².